The van der Waals surface area contributed by atoms with E-state index in [2.05, 4.69) is 66.2 Å². The summed E-state index contributed by atoms with van der Waals surface area (Å²) in [7, 11) is 0. The van der Waals surface area contributed by atoms with Gasteiger partial charge in [0.15, 0.2) is 0 Å². The first-order valence-electron chi connectivity index (χ1n) is 13.1. The molecule has 3 atom stereocenters. The molecule has 0 aliphatic heterocycles. The largest absolute Gasteiger partial charge is 0.481 e. The van der Waals surface area contributed by atoms with Crippen molar-refractivity contribution in [2.24, 2.45) is 16.5 Å². The Labute approximate surface area is 218 Å². The number of halogens is 1. The van der Waals surface area contributed by atoms with Crippen LogP contribution in [0.5, 0.6) is 0 Å². The zero-order valence-corrected chi connectivity index (χ0v) is 23.5. The van der Waals surface area contributed by atoms with Gasteiger partial charge >= 0.3 is 5.97 Å². The molecule has 0 saturated heterocycles. The summed E-state index contributed by atoms with van der Waals surface area (Å²) in [5.74, 6) is -0.438. The molecule has 0 heterocycles. The predicted octanol–water partition coefficient (Wildman–Crippen LogP) is 6.54. The molecular formula is C28H41BrN2O4. The zero-order chi connectivity index (χ0) is 25.8. The number of carbonyl (C=O) groups excluding carboxylic acids is 1. The van der Waals surface area contributed by atoms with Crippen LogP contribution in [0.1, 0.15) is 109 Å². The Hall–Kier alpha value is -1.89. The number of nitrogens with one attached hydrogen (secondary N) is 1. The van der Waals surface area contributed by atoms with E-state index >= 15 is 0 Å². The van der Waals surface area contributed by atoms with Crippen LogP contribution in [-0.2, 0) is 19.8 Å². The smallest absolute Gasteiger partial charge is 0.309 e. The third kappa shape index (κ3) is 5.76. The van der Waals surface area contributed by atoms with Gasteiger partial charge in [0.2, 0.25) is 5.91 Å². The molecule has 0 spiro atoms. The molecule has 194 valence electrons. The van der Waals surface area contributed by atoms with E-state index in [-0.39, 0.29) is 23.8 Å². The van der Waals surface area contributed by atoms with Crippen LogP contribution in [0.4, 0.5) is 0 Å². The van der Waals surface area contributed by atoms with Crippen LogP contribution < -0.4 is 5.32 Å². The zero-order valence-electron chi connectivity index (χ0n) is 21.9. The number of oxime groups is 1. The number of amides is 1. The lowest BCUT2D eigenvalue weighted by atomic mass is 9.49. The molecular weight excluding hydrogens is 508 g/mol. The fourth-order valence-corrected chi connectivity index (χ4v) is 6.82. The van der Waals surface area contributed by atoms with Gasteiger partial charge in [0.25, 0.3) is 0 Å². The number of rotatable bonds is 10. The molecule has 3 rings (SSSR count). The van der Waals surface area contributed by atoms with E-state index in [1.54, 1.807) is 0 Å². The Morgan fingerprint density at radius 2 is 2.00 bits per heavy atom. The second-order valence-corrected chi connectivity index (χ2v) is 11.9. The molecule has 1 fully saturated rings. The van der Waals surface area contributed by atoms with Gasteiger partial charge in [-0.05, 0) is 73.1 Å². The number of unbranched alkanes of at least 4 members (excludes halogenated alkanes) is 2. The van der Waals surface area contributed by atoms with Crippen molar-refractivity contribution >= 4 is 33.5 Å². The van der Waals surface area contributed by atoms with Crippen LogP contribution in [0.25, 0.3) is 0 Å². The normalized spacial score (nSPS) is 26.8. The van der Waals surface area contributed by atoms with E-state index in [1.807, 2.05) is 6.92 Å². The first-order chi connectivity index (χ1) is 16.5. The second kappa shape index (κ2) is 11.4. The number of fused-ring (bicyclic) bond motifs is 3. The van der Waals surface area contributed by atoms with Crippen molar-refractivity contribution in [1.29, 1.82) is 0 Å². The number of carboxylic acids is 1. The molecule has 0 aromatic heterocycles. The molecule has 0 unspecified atom stereocenters. The van der Waals surface area contributed by atoms with Gasteiger partial charge in [-0.25, -0.2) is 0 Å². The van der Waals surface area contributed by atoms with E-state index in [9.17, 15) is 14.7 Å². The summed E-state index contributed by atoms with van der Waals surface area (Å²) in [5, 5.41) is 17.6. The van der Waals surface area contributed by atoms with Crippen molar-refractivity contribution in [1.82, 2.24) is 5.32 Å². The van der Waals surface area contributed by atoms with E-state index in [0.717, 1.165) is 53.4 Å². The fraction of sp³-hybridized carbons (Fsp3) is 0.679. The lowest BCUT2D eigenvalue weighted by molar-refractivity contribution is -0.156. The molecule has 7 heteroatoms. The molecule has 0 bridgehead atoms. The van der Waals surface area contributed by atoms with Crippen LogP contribution in [0, 0.1) is 11.3 Å². The first kappa shape index (κ1) is 27.7. The summed E-state index contributed by atoms with van der Waals surface area (Å²) in [5.41, 5.74) is 3.17. The van der Waals surface area contributed by atoms with Crippen LogP contribution in [-0.4, -0.2) is 35.8 Å². The maximum Gasteiger partial charge on any atom is 0.309 e. The van der Waals surface area contributed by atoms with Gasteiger partial charge in [0.1, 0.15) is 6.61 Å². The minimum atomic E-state index is -0.818. The molecule has 2 aliphatic rings. The van der Waals surface area contributed by atoms with Gasteiger partial charge < -0.3 is 15.3 Å². The Morgan fingerprint density at radius 1 is 1.26 bits per heavy atom. The Balaban J connectivity index is 1.87. The Morgan fingerprint density at radius 3 is 2.66 bits per heavy atom. The summed E-state index contributed by atoms with van der Waals surface area (Å²) in [6.07, 6.45) is 6.66. The van der Waals surface area contributed by atoms with Crippen molar-refractivity contribution in [3.63, 3.8) is 0 Å². The summed E-state index contributed by atoms with van der Waals surface area (Å²) < 4.78 is 1.06. The van der Waals surface area contributed by atoms with Crippen LogP contribution >= 0.6 is 15.9 Å². The number of aliphatic carboxylic acids is 1. The predicted molar refractivity (Wildman–Crippen MR) is 143 cm³/mol. The molecule has 6 nitrogen and oxygen atoms in total. The minimum Gasteiger partial charge on any atom is -0.481 e. The first-order valence-corrected chi connectivity index (χ1v) is 13.9. The third-order valence-electron chi connectivity index (χ3n) is 8.20. The number of benzene rings is 1. The Kier molecular flexibility index (Phi) is 9.06. The lowest BCUT2D eigenvalue weighted by Crippen LogP contribution is -2.53. The average molecular weight is 550 g/mol. The molecule has 1 aromatic rings. The number of hydrogen-bond donors (Lipinski definition) is 2. The van der Waals surface area contributed by atoms with Gasteiger partial charge in [-0.1, -0.05) is 68.0 Å². The van der Waals surface area contributed by atoms with E-state index in [0.29, 0.717) is 31.7 Å². The monoisotopic (exact) mass is 548 g/mol. The highest BCUT2D eigenvalue weighted by atomic mass is 79.9. The number of carboxylic acid groups (broad SMARTS) is 1. The quantitative estimate of drug-likeness (QED) is 0.256. The van der Waals surface area contributed by atoms with Crippen LogP contribution in [0.15, 0.2) is 21.8 Å². The number of nitrogens with zero attached hydrogens (tertiary/aromatic N) is 1. The number of hydrogen-bond acceptors (Lipinski definition) is 4. The molecule has 1 saturated carbocycles. The van der Waals surface area contributed by atoms with Crippen LogP contribution in [0.3, 0.4) is 0 Å². The van der Waals surface area contributed by atoms with E-state index in [1.165, 1.54) is 5.56 Å². The van der Waals surface area contributed by atoms with E-state index < -0.39 is 11.4 Å². The van der Waals surface area contributed by atoms with Gasteiger partial charge in [-0.2, -0.15) is 0 Å². The van der Waals surface area contributed by atoms with E-state index in [4.69, 9.17) is 4.84 Å². The summed E-state index contributed by atoms with van der Waals surface area (Å²) in [6, 6.07) is 4.40. The van der Waals surface area contributed by atoms with Crippen molar-refractivity contribution in [3.05, 3.63) is 33.3 Å². The van der Waals surface area contributed by atoms with Crippen molar-refractivity contribution in [3.8, 4) is 0 Å². The highest BCUT2D eigenvalue weighted by molar-refractivity contribution is 9.10. The van der Waals surface area contributed by atoms with Gasteiger partial charge in [-0.15, -0.1) is 0 Å². The topological polar surface area (TPSA) is 88.0 Å². The van der Waals surface area contributed by atoms with Crippen LogP contribution in [0.2, 0.25) is 0 Å². The number of carbonyl (C=O) groups is 2. The summed E-state index contributed by atoms with van der Waals surface area (Å²) in [6.45, 7) is 11.3. The van der Waals surface area contributed by atoms with Crippen molar-refractivity contribution < 1.29 is 19.5 Å². The third-order valence-corrected chi connectivity index (χ3v) is 8.89. The van der Waals surface area contributed by atoms with Gasteiger partial charge in [-0.3, -0.25) is 9.59 Å². The molecule has 2 aliphatic carbocycles. The average Bonchev–Trinajstić information content (AvgIpc) is 2.79. The maximum absolute atomic E-state index is 12.4. The molecule has 2 N–H and O–H groups in total. The molecule has 1 aromatic carbocycles. The van der Waals surface area contributed by atoms with Gasteiger partial charge in [0.05, 0.1) is 17.7 Å². The summed E-state index contributed by atoms with van der Waals surface area (Å²) in [4.78, 5) is 30.1. The lowest BCUT2D eigenvalue weighted by Gasteiger charge is -2.53. The van der Waals surface area contributed by atoms with Crippen molar-refractivity contribution in [2.45, 2.75) is 97.3 Å². The standard InChI is InChI=1S/C28H41BrN2O4/c1-6-7-8-10-25(32)30-13-14-35-31-23-17-24-27(4,11-9-12-28(24,5)26(33)34)21-16-22(29)19(18(2)3)15-20(21)23/h15-16,18,24H,6-14,17H2,1-5H3,(H,30,32)(H,33,34)/b31-23+/t24-,27-,28-/m1/s1. The fourth-order valence-electron chi connectivity index (χ4n) is 6.02. The van der Waals surface area contributed by atoms with Crippen molar-refractivity contribution in [2.75, 3.05) is 13.2 Å². The highest BCUT2D eigenvalue weighted by Gasteiger charge is 2.56. The maximum atomic E-state index is 12.4. The molecule has 0 radical (unpaired) electrons. The molecule has 1 amide bonds. The SMILES string of the molecule is CCCCCC(=O)NCCO/N=C1\C[C@H]2[C@](C)(C(=O)O)CCC[C@]2(C)c2cc(Br)c(C(C)C)cc21. The van der Waals surface area contributed by atoms with Gasteiger partial charge in [0, 0.05) is 16.5 Å². The minimum absolute atomic E-state index is 0.0411. The molecule has 35 heavy (non-hydrogen) atoms. The Bertz CT molecular complexity index is 976. The summed E-state index contributed by atoms with van der Waals surface area (Å²) >= 11 is 3.78. The second-order valence-electron chi connectivity index (χ2n) is 11.0. The highest BCUT2D eigenvalue weighted by Crippen LogP contribution is 2.58.